The molecule has 2 rings (SSSR count). The van der Waals surface area contributed by atoms with Crippen molar-refractivity contribution >= 4 is 5.97 Å². The van der Waals surface area contributed by atoms with Gasteiger partial charge in [0, 0.05) is 24.6 Å². The molecule has 0 fully saturated rings. The first-order valence-corrected chi connectivity index (χ1v) is 8.84. The molecule has 0 saturated heterocycles. The first-order valence-electron chi connectivity index (χ1n) is 8.84. The molecule has 0 aliphatic rings. The average Bonchev–Trinajstić information content (AvgIpc) is 3.09. The normalized spacial score (nSPS) is 13.4. The minimum absolute atomic E-state index is 0.225. The van der Waals surface area contributed by atoms with Crippen molar-refractivity contribution in [2.75, 3.05) is 20.2 Å². The van der Waals surface area contributed by atoms with Crippen LogP contribution in [0.2, 0.25) is 0 Å². The van der Waals surface area contributed by atoms with E-state index in [1.165, 1.54) is 12.7 Å². The highest BCUT2D eigenvalue weighted by Crippen LogP contribution is 2.22. The van der Waals surface area contributed by atoms with Crippen molar-refractivity contribution < 1.29 is 14.1 Å². The van der Waals surface area contributed by atoms with Gasteiger partial charge in [0.1, 0.15) is 0 Å². The number of nitrogens with zero attached hydrogens (tertiary/aromatic N) is 1. The van der Waals surface area contributed by atoms with Gasteiger partial charge in [-0.1, -0.05) is 55.3 Å². The number of nitrogens with one attached hydrogen (secondary N) is 1. The van der Waals surface area contributed by atoms with E-state index in [1.807, 2.05) is 37.3 Å². The lowest BCUT2D eigenvalue weighted by Crippen LogP contribution is -2.33. The summed E-state index contributed by atoms with van der Waals surface area (Å²) in [6.07, 6.45) is 1.61. The number of esters is 1. The molecule has 2 unspecified atom stereocenters. The van der Waals surface area contributed by atoms with Gasteiger partial charge in [0.15, 0.2) is 5.76 Å². The number of benzene rings is 1. The zero-order valence-corrected chi connectivity index (χ0v) is 15.5. The van der Waals surface area contributed by atoms with Gasteiger partial charge in [0.25, 0.3) is 0 Å². The monoisotopic (exact) mass is 344 g/mol. The minimum Gasteiger partial charge on any atom is -0.469 e. The van der Waals surface area contributed by atoms with Crippen molar-refractivity contribution in [3.8, 4) is 11.3 Å². The van der Waals surface area contributed by atoms with Gasteiger partial charge in [-0.25, -0.2) is 0 Å². The fourth-order valence-electron chi connectivity index (χ4n) is 2.57. The number of aryl methyl sites for hydroxylation is 1. The Hall–Kier alpha value is -2.14. The maximum Gasteiger partial charge on any atom is 0.310 e. The fraction of sp³-hybridized carbons (Fsp3) is 0.500. The van der Waals surface area contributed by atoms with E-state index in [0.717, 1.165) is 24.2 Å². The van der Waals surface area contributed by atoms with Crippen molar-refractivity contribution in [1.29, 1.82) is 0 Å². The Morgan fingerprint density at radius 3 is 2.64 bits per heavy atom. The Bertz CT molecular complexity index is 664. The predicted molar refractivity (Wildman–Crippen MR) is 98.2 cm³/mol. The smallest absolute Gasteiger partial charge is 0.310 e. The molecule has 25 heavy (non-hydrogen) atoms. The second-order valence-corrected chi connectivity index (χ2v) is 6.64. The van der Waals surface area contributed by atoms with Crippen molar-refractivity contribution in [3.63, 3.8) is 0 Å². The van der Waals surface area contributed by atoms with Crippen LogP contribution in [0.4, 0.5) is 0 Å². The molecule has 5 nitrogen and oxygen atoms in total. The van der Waals surface area contributed by atoms with E-state index in [-0.39, 0.29) is 11.9 Å². The zero-order chi connectivity index (χ0) is 18.2. The molecule has 1 aromatic heterocycles. The fourth-order valence-corrected chi connectivity index (χ4v) is 2.57. The van der Waals surface area contributed by atoms with Gasteiger partial charge in [-0.05, 0) is 19.4 Å². The van der Waals surface area contributed by atoms with Crippen molar-refractivity contribution in [2.24, 2.45) is 11.8 Å². The Morgan fingerprint density at radius 1 is 1.28 bits per heavy atom. The molecule has 0 amide bonds. The standard InChI is InChI=1S/C20H28N2O3/c1-5-14(2)12-21-13-17(20(23)24-4)10-18-11-19(25-22-18)16-8-6-15(3)7-9-16/h6-9,11,14,17,21H,5,10,12-13H2,1-4H3. The molecule has 2 atom stereocenters. The molecule has 0 spiro atoms. The molecule has 0 aliphatic carbocycles. The van der Waals surface area contributed by atoms with E-state index in [2.05, 4.69) is 24.3 Å². The van der Waals surface area contributed by atoms with Crippen LogP contribution in [0.15, 0.2) is 34.9 Å². The maximum absolute atomic E-state index is 12.1. The number of methoxy groups -OCH3 is 1. The van der Waals surface area contributed by atoms with E-state index in [1.54, 1.807) is 0 Å². The molecule has 0 radical (unpaired) electrons. The summed E-state index contributed by atoms with van der Waals surface area (Å²) < 4.78 is 10.4. The Morgan fingerprint density at radius 2 is 2.00 bits per heavy atom. The lowest BCUT2D eigenvalue weighted by Gasteiger charge is -2.16. The summed E-state index contributed by atoms with van der Waals surface area (Å²) >= 11 is 0. The van der Waals surface area contributed by atoms with E-state index >= 15 is 0 Å². The highest BCUT2D eigenvalue weighted by molar-refractivity contribution is 5.73. The lowest BCUT2D eigenvalue weighted by molar-refractivity contribution is -0.145. The quantitative estimate of drug-likeness (QED) is 0.704. The number of hydrogen-bond donors (Lipinski definition) is 1. The third-order valence-corrected chi connectivity index (χ3v) is 4.47. The molecule has 1 aromatic carbocycles. The molecule has 5 heteroatoms. The number of rotatable bonds is 9. The summed E-state index contributed by atoms with van der Waals surface area (Å²) in [5.41, 5.74) is 2.94. The van der Waals surface area contributed by atoms with Crippen molar-refractivity contribution in [2.45, 2.75) is 33.6 Å². The Kier molecular flexibility index (Phi) is 7.19. The lowest BCUT2D eigenvalue weighted by atomic mass is 10.0. The summed E-state index contributed by atoms with van der Waals surface area (Å²) in [6, 6.07) is 9.98. The molecule has 0 aliphatic heterocycles. The van der Waals surface area contributed by atoms with Gasteiger partial charge in [0.2, 0.25) is 0 Å². The van der Waals surface area contributed by atoms with Gasteiger partial charge in [-0.15, -0.1) is 0 Å². The van der Waals surface area contributed by atoms with Gasteiger partial charge < -0.3 is 14.6 Å². The first kappa shape index (κ1) is 19.2. The van der Waals surface area contributed by atoms with Crippen LogP contribution in [0, 0.1) is 18.8 Å². The number of ether oxygens (including phenoxy) is 1. The van der Waals surface area contributed by atoms with Gasteiger partial charge in [-0.2, -0.15) is 0 Å². The molecule has 2 aromatic rings. The van der Waals surface area contributed by atoms with Crippen molar-refractivity contribution in [1.82, 2.24) is 10.5 Å². The maximum atomic E-state index is 12.1. The van der Waals surface area contributed by atoms with Crippen LogP contribution in [0.3, 0.4) is 0 Å². The predicted octanol–water partition coefficient (Wildman–Crippen LogP) is 3.62. The Balaban J connectivity index is 2.00. The average molecular weight is 344 g/mol. The summed E-state index contributed by atoms with van der Waals surface area (Å²) in [7, 11) is 1.42. The zero-order valence-electron chi connectivity index (χ0n) is 15.5. The van der Waals surface area contributed by atoms with Crippen LogP contribution in [0.1, 0.15) is 31.5 Å². The van der Waals surface area contributed by atoms with E-state index in [0.29, 0.717) is 24.6 Å². The topological polar surface area (TPSA) is 64.4 Å². The van der Waals surface area contributed by atoms with Gasteiger partial charge in [0.05, 0.1) is 18.7 Å². The van der Waals surface area contributed by atoms with E-state index < -0.39 is 0 Å². The molecular formula is C20H28N2O3. The summed E-state index contributed by atoms with van der Waals surface area (Å²) in [5, 5.41) is 7.48. The third kappa shape index (κ3) is 5.71. The van der Waals surface area contributed by atoms with Gasteiger partial charge >= 0.3 is 5.97 Å². The van der Waals surface area contributed by atoms with Crippen LogP contribution < -0.4 is 5.32 Å². The number of hydrogen-bond acceptors (Lipinski definition) is 5. The summed E-state index contributed by atoms with van der Waals surface area (Å²) in [4.78, 5) is 12.1. The molecule has 0 bridgehead atoms. The molecule has 1 heterocycles. The number of carbonyl (C=O) groups excluding carboxylic acids is 1. The van der Waals surface area contributed by atoms with Crippen molar-refractivity contribution in [3.05, 3.63) is 41.6 Å². The SMILES string of the molecule is CCC(C)CNCC(Cc1cc(-c2ccc(C)cc2)on1)C(=O)OC. The van der Waals surface area contributed by atoms with Crippen LogP contribution in [0.5, 0.6) is 0 Å². The minimum atomic E-state index is -0.273. The highest BCUT2D eigenvalue weighted by atomic mass is 16.5. The summed E-state index contributed by atoms with van der Waals surface area (Å²) in [5.74, 6) is 0.797. The highest BCUT2D eigenvalue weighted by Gasteiger charge is 2.22. The molecule has 0 saturated carbocycles. The molecule has 1 N–H and O–H groups in total. The molecule has 136 valence electrons. The molecular weight excluding hydrogens is 316 g/mol. The van der Waals surface area contributed by atoms with Crippen LogP contribution >= 0.6 is 0 Å². The number of aromatic nitrogens is 1. The van der Waals surface area contributed by atoms with Gasteiger partial charge in [-0.3, -0.25) is 4.79 Å². The summed E-state index contributed by atoms with van der Waals surface area (Å²) in [6.45, 7) is 7.85. The van der Waals surface area contributed by atoms with E-state index in [9.17, 15) is 4.79 Å². The van der Waals surface area contributed by atoms with Crippen LogP contribution in [-0.4, -0.2) is 31.3 Å². The second kappa shape index (κ2) is 9.37. The van der Waals surface area contributed by atoms with Crippen LogP contribution in [0.25, 0.3) is 11.3 Å². The Labute approximate surface area is 149 Å². The van der Waals surface area contributed by atoms with E-state index in [4.69, 9.17) is 9.26 Å². The van der Waals surface area contributed by atoms with Crippen LogP contribution in [-0.2, 0) is 16.0 Å². The second-order valence-electron chi connectivity index (χ2n) is 6.64. The third-order valence-electron chi connectivity index (χ3n) is 4.47. The largest absolute Gasteiger partial charge is 0.469 e. The number of carbonyl (C=O) groups is 1. The first-order chi connectivity index (χ1) is 12.0.